The minimum Gasteiger partial charge on any atom is -0.394 e. The zero-order chi connectivity index (χ0) is 19.0. The quantitative estimate of drug-likeness (QED) is 0.550. The van der Waals surface area contributed by atoms with Crippen LogP contribution in [-0.2, 0) is 26.0 Å². The molecule has 1 aromatic rings. The Morgan fingerprint density at radius 1 is 1.38 bits per heavy atom. The maximum absolute atomic E-state index is 12.2. The third-order valence-electron chi connectivity index (χ3n) is 4.38. The molecule has 0 radical (unpaired) electrons. The van der Waals surface area contributed by atoms with Crippen LogP contribution < -0.4 is 10.0 Å². The molecule has 0 aromatic carbocycles. The number of aromatic nitrogens is 1. The highest BCUT2D eigenvalue weighted by Gasteiger charge is 2.31. The molecule has 1 aliphatic heterocycles. The number of hydrogen-bond donors (Lipinski definition) is 3. The molecule has 2 heterocycles. The van der Waals surface area contributed by atoms with Crippen LogP contribution in [0.1, 0.15) is 31.9 Å². The van der Waals surface area contributed by atoms with Gasteiger partial charge in [0.05, 0.1) is 30.9 Å². The van der Waals surface area contributed by atoms with Crippen molar-refractivity contribution in [2.75, 3.05) is 18.9 Å². The molecule has 3 atom stereocenters. The average Bonchev–Trinajstić information content (AvgIpc) is 2.63. The first-order chi connectivity index (χ1) is 12.4. The van der Waals surface area contributed by atoms with Gasteiger partial charge in [-0.2, -0.15) is 0 Å². The topological polar surface area (TPSA) is 118 Å². The smallest absolute Gasteiger partial charge is 0.226 e. The van der Waals surface area contributed by atoms with Gasteiger partial charge in [0.15, 0.2) is 0 Å². The molecule has 2 rings (SSSR count). The number of rotatable bonds is 9. The molecule has 0 unspecified atom stereocenters. The van der Waals surface area contributed by atoms with Crippen LogP contribution in [0.4, 0.5) is 0 Å². The molecule has 1 saturated heterocycles. The number of amides is 1. The van der Waals surface area contributed by atoms with Crippen LogP contribution >= 0.6 is 0 Å². The van der Waals surface area contributed by atoms with E-state index in [0.29, 0.717) is 31.5 Å². The Hall–Kier alpha value is -1.55. The van der Waals surface area contributed by atoms with E-state index in [1.54, 1.807) is 25.3 Å². The molecule has 0 aliphatic carbocycles. The first-order valence-electron chi connectivity index (χ1n) is 8.86. The van der Waals surface area contributed by atoms with E-state index in [9.17, 15) is 18.3 Å². The molecule has 1 amide bonds. The second kappa shape index (κ2) is 9.96. The zero-order valence-corrected chi connectivity index (χ0v) is 15.7. The Kier molecular flexibility index (Phi) is 7.95. The van der Waals surface area contributed by atoms with Crippen LogP contribution in [0.25, 0.3) is 0 Å². The maximum Gasteiger partial charge on any atom is 0.226 e. The number of aliphatic hydroxyl groups is 1. The van der Waals surface area contributed by atoms with Gasteiger partial charge in [-0.25, -0.2) is 13.1 Å². The van der Waals surface area contributed by atoms with Crippen LogP contribution in [0.3, 0.4) is 0 Å². The molecule has 8 nitrogen and oxygen atoms in total. The number of nitrogens with zero attached hydrogens (tertiary/aromatic N) is 1. The molecule has 26 heavy (non-hydrogen) atoms. The predicted octanol–water partition coefficient (Wildman–Crippen LogP) is -0.0218. The minimum atomic E-state index is -3.21. The normalized spacial score (nSPS) is 23.5. The lowest BCUT2D eigenvalue weighted by Gasteiger charge is -2.36. The van der Waals surface area contributed by atoms with Gasteiger partial charge in [0.2, 0.25) is 15.9 Å². The number of ether oxygens (including phenoxy) is 1. The van der Waals surface area contributed by atoms with Crippen molar-refractivity contribution < 1.29 is 23.1 Å². The largest absolute Gasteiger partial charge is 0.394 e. The predicted molar refractivity (Wildman–Crippen MR) is 96.9 cm³/mol. The summed E-state index contributed by atoms with van der Waals surface area (Å²) in [6, 6.07) is 5.14. The van der Waals surface area contributed by atoms with E-state index >= 15 is 0 Å². The molecule has 0 saturated carbocycles. The lowest BCUT2D eigenvalue weighted by Crippen LogP contribution is -2.51. The molecule has 9 heteroatoms. The number of hydrogen-bond acceptors (Lipinski definition) is 6. The average molecular weight is 385 g/mol. The Labute approximate surface area is 154 Å². The van der Waals surface area contributed by atoms with Crippen LogP contribution in [0, 0.1) is 0 Å². The van der Waals surface area contributed by atoms with Crippen molar-refractivity contribution in [1.82, 2.24) is 15.0 Å². The molecule has 3 N–H and O–H groups in total. The fourth-order valence-electron chi connectivity index (χ4n) is 2.91. The zero-order valence-electron chi connectivity index (χ0n) is 14.9. The highest BCUT2D eigenvalue weighted by molar-refractivity contribution is 7.89. The summed E-state index contributed by atoms with van der Waals surface area (Å²) in [5.74, 6) is -0.118. The van der Waals surface area contributed by atoms with Crippen molar-refractivity contribution >= 4 is 15.9 Å². The molecule has 1 fully saturated rings. The van der Waals surface area contributed by atoms with Crippen LogP contribution in [0.5, 0.6) is 0 Å². The second-order valence-corrected chi connectivity index (χ2v) is 8.41. The van der Waals surface area contributed by atoms with E-state index in [1.165, 1.54) is 0 Å². The Morgan fingerprint density at radius 3 is 2.85 bits per heavy atom. The van der Waals surface area contributed by atoms with Gasteiger partial charge in [0.25, 0.3) is 0 Å². The molecule has 0 bridgehead atoms. The molecule has 0 spiro atoms. The van der Waals surface area contributed by atoms with Crippen molar-refractivity contribution in [2.45, 2.75) is 50.9 Å². The van der Waals surface area contributed by atoms with Crippen LogP contribution in [0.2, 0.25) is 0 Å². The summed E-state index contributed by atoms with van der Waals surface area (Å²) in [6.07, 6.45) is 3.07. The number of sulfonamides is 1. The van der Waals surface area contributed by atoms with Crippen molar-refractivity contribution in [3.8, 4) is 0 Å². The summed E-state index contributed by atoms with van der Waals surface area (Å²) < 4.78 is 31.2. The summed E-state index contributed by atoms with van der Waals surface area (Å²) >= 11 is 0. The Bertz CT molecular complexity index is 668. The van der Waals surface area contributed by atoms with Gasteiger partial charge in [-0.15, -0.1) is 0 Å². The van der Waals surface area contributed by atoms with E-state index in [0.717, 1.165) is 0 Å². The third-order valence-corrected chi connectivity index (χ3v) is 5.78. The van der Waals surface area contributed by atoms with Gasteiger partial charge in [-0.05, 0) is 38.3 Å². The summed E-state index contributed by atoms with van der Waals surface area (Å²) in [4.78, 5) is 16.3. The Morgan fingerprint density at radius 2 is 2.19 bits per heavy atom. The van der Waals surface area contributed by atoms with Crippen molar-refractivity contribution in [1.29, 1.82) is 0 Å². The monoisotopic (exact) mass is 385 g/mol. The van der Waals surface area contributed by atoms with Gasteiger partial charge in [0.1, 0.15) is 6.10 Å². The molecular formula is C17H27N3O5S. The van der Waals surface area contributed by atoms with Crippen molar-refractivity contribution in [3.05, 3.63) is 30.1 Å². The van der Waals surface area contributed by atoms with Gasteiger partial charge in [-0.1, -0.05) is 6.07 Å². The number of carbonyl (C=O) groups excluding carboxylic acids is 1. The van der Waals surface area contributed by atoms with E-state index in [4.69, 9.17) is 4.74 Å². The fraction of sp³-hybridized carbons (Fsp3) is 0.647. The first kappa shape index (κ1) is 20.8. The van der Waals surface area contributed by atoms with Crippen molar-refractivity contribution in [3.63, 3.8) is 0 Å². The van der Waals surface area contributed by atoms with E-state index < -0.39 is 16.1 Å². The van der Waals surface area contributed by atoms with Crippen LogP contribution in [-0.4, -0.2) is 61.6 Å². The highest BCUT2D eigenvalue weighted by atomic mass is 32.2. The number of pyridine rings is 1. The lowest BCUT2D eigenvalue weighted by atomic mass is 9.97. The van der Waals surface area contributed by atoms with Gasteiger partial charge in [-0.3, -0.25) is 9.78 Å². The fourth-order valence-corrected chi connectivity index (χ4v) is 3.54. The van der Waals surface area contributed by atoms with Crippen molar-refractivity contribution in [2.24, 2.45) is 0 Å². The molecule has 146 valence electrons. The summed E-state index contributed by atoms with van der Waals surface area (Å²) in [6.45, 7) is 1.68. The third kappa shape index (κ3) is 6.64. The molecule has 1 aromatic heterocycles. The van der Waals surface area contributed by atoms with Gasteiger partial charge >= 0.3 is 0 Å². The number of nitrogens with one attached hydrogen (secondary N) is 2. The number of aliphatic hydroxyl groups excluding tert-OH is 1. The first-order valence-corrected chi connectivity index (χ1v) is 10.5. The lowest BCUT2D eigenvalue weighted by molar-refractivity contribution is -0.127. The standard InChI is InChI=1S/C17H27N3O5S/c1-2-26(23,24)19-10-8-14-6-7-15(16(12-21)25-14)20-17(22)11-13-5-3-4-9-18-13/h3-5,9,14-16,19,21H,2,6-8,10-12H2,1H3,(H,20,22)/t14-,15+,16+/m0/s1. The maximum atomic E-state index is 12.2. The summed E-state index contributed by atoms with van der Waals surface area (Å²) in [7, 11) is -3.21. The molecular weight excluding hydrogens is 358 g/mol. The number of carbonyl (C=O) groups is 1. The van der Waals surface area contributed by atoms with Crippen LogP contribution in [0.15, 0.2) is 24.4 Å². The Balaban J connectivity index is 1.79. The second-order valence-electron chi connectivity index (χ2n) is 6.31. The van der Waals surface area contributed by atoms with E-state index in [1.807, 2.05) is 6.07 Å². The van der Waals surface area contributed by atoms with Gasteiger partial charge < -0.3 is 15.2 Å². The van der Waals surface area contributed by atoms with E-state index in [2.05, 4.69) is 15.0 Å². The summed E-state index contributed by atoms with van der Waals surface area (Å²) in [5, 5.41) is 12.5. The van der Waals surface area contributed by atoms with E-state index in [-0.39, 0.29) is 36.8 Å². The summed E-state index contributed by atoms with van der Waals surface area (Å²) in [5.41, 5.74) is 0.684. The highest BCUT2D eigenvalue weighted by Crippen LogP contribution is 2.21. The minimum absolute atomic E-state index is 0.0438. The van der Waals surface area contributed by atoms with Gasteiger partial charge in [0, 0.05) is 18.4 Å². The molecule has 1 aliphatic rings. The SMILES string of the molecule is CCS(=O)(=O)NCC[C@@H]1CC[C@@H](NC(=O)Cc2ccccn2)[C@@H](CO)O1.